The van der Waals surface area contributed by atoms with Crippen molar-refractivity contribution in [2.24, 2.45) is 0 Å². The molecule has 0 bridgehead atoms. The molecule has 1 heterocycles. The molecule has 28 heavy (non-hydrogen) atoms. The first-order chi connectivity index (χ1) is 13.6. The van der Waals surface area contributed by atoms with Crippen LogP contribution in [0.5, 0.6) is 5.75 Å². The van der Waals surface area contributed by atoms with Gasteiger partial charge in [0.05, 0.1) is 12.9 Å². The summed E-state index contributed by atoms with van der Waals surface area (Å²) in [4.78, 5) is 12.1. The Kier molecular flexibility index (Phi) is 6.54. The Balaban J connectivity index is 1.49. The lowest BCUT2D eigenvalue weighted by Crippen LogP contribution is -2.27. The average molecular weight is 398 g/mol. The van der Waals surface area contributed by atoms with Crippen LogP contribution < -0.4 is 15.9 Å². The van der Waals surface area contributed by atoms with Crippen molar-refractivity contribution in [3.05, 3.63) is 59.7 Å². The fraction of sp³-hybridized carbons (Fsp3) is 0.250. The van der Waals surface area contributed by atoms with Crippen LogP contribution in [0, 0.1) is 6.92 Å². The van der Waals surface area contributed by atoms with Crippen molar-refractivity contribution in [2.45, 2.75) is 18.5 Å². The molecular formula is C20H23N5O2S. The summed E-state index contributed by atoms with van der Waals surface area (Å²) in [5, 5.41) is 11.7. The molecule has 3 rings (SSSR count). The maximum atomic E-state index is 12.1. The highest BCUT2D eigenvalue weighted by Crippen LogP contribution is 2.23. The number of amides is 1. The maximum Gasteiger partial charge on any atom is 0.230 e. The molecule has 0 aliphatic heterocycles. The van der Waals surface area contributed by atoms with E-state index in [1.54, 1.807) is 7.11 Å². The zero-order valence-corrected chi connectivity index (χ0v) is 16.7. The number of nitrogens with one attached hydrogen (secondary N) is 1. The smallest absolute Gasteiger partial charge is 0.230 e. The van der Waals surface area contributed by atoms with E-state index < -0.39 is 0 Å². The van der Waals surface area contributed by atoms with Crippen LogP contribution in [0.15, 0.2) is 53.7 Å². The van der Waals surface area contributed by atoms with E-state index in [9.17, 15) is 4.79 Å². The van der Waals surface area contributed by atoms with Crippen LogP contribution in [-0.2, 0) is 11.2 Å². The van der Waals surface area contributed by atoms with Gasteiger partial charge in [-0.25, -0.2) is 4.68 Å². The number of aromatic nitrogens is 3. The minimum absolute atomic E-state index is 0.0704. The van der Waals surface area contributed by atoms with Gasteiger partial charge in [-0.15, -0.1) is 10.2 Å². The van der Waals surface area contributed by atoms with Crippen LogP contribution in [0.3, 0.4) is 0 Å². The van der Waals surface area contributed by atoms with E-state index in [2.05, 4.69) is 15.5 Å². The Bertz CT molecular complexity index is 940. The van der Waals surface area contributed by atoms with Crippen LogP contribution in [0.25, 0.3) is 11.4 Å². The van der Waals surface area contributed by atoms with Crippen LogP contribution in [0.4, 0.5) is 0 Å². The molecule has 2 aromatic carbocycles. The number of thioether (sulfide) groups is 1. The first kappa shape index (κ1) is 19.8. The van der Waals surface area contributed by atoms with Crippen molar-refractivity contribution in [2.75, 3.05) is 25.3 Å². The fourth-order valence-electron chi connectivity index (χ4n) is 2.70. The molecular weight excluding hydrogens is 374 g/mol. The van der Waals surface area contributed by atoms with Gasteiger partial charge in [0.25, 0.3) is 0 Å². The number of hydrogen-bond acceptors (Lipinski definition) is 6. The predicted octanol–water partition coefficient (Wildman–Crippen LogP) is 2.43. The molecule has 0 aliphatic carbocycles. The number of carbonyl (C=O) groups is 1. The van der Waals surface area contributed by atoms with E-state index >= 15 is 0 Å². The first-order valence-corrected chi connectivity index (χ1v) is 9.86. The Morgan fingerprint density at radius 2 is 1.93 bits per heavy atom. The molecule has 0 radical (unpaired) electrons. The molecule has 8 heteroatoms. The number of nitrogen functional groups attached to an aromatic ring is 1. The van der Waals surface area contributed by atoms with E-state index in [0.29, 0.717) is 17.5 Å². The molecule has 0 saturated carbocycles. The van der Waals surface area contributed by atoms with Gasteiger partial charge in [0.1, 0.15) is 5.75 Å². The zero-order chi connectivity index (χ0) is 19.9. The summed E-state index contributed by atoms with van der Waals surface area (Å²) in [6.45, 7) is 2.56. The lowest BCUT2D eigenvalue weighted by atomic mass is 10.1. The number of methoxy groups -OCH3 is 1. The summed E-state index contributed by atoms with van der Waals surface area (Å²) in [5.74, 6) is 7.68. The number of carbonyl (C=O) groups excluding carboxylic acids is 1. The van der Waals surface area contributed by atoms with E-state index in [4.69, 9.17) is 10.6 Å². The summed E-state index contributed by atoms with van der Waals surface area (Å²) < 4.78 is 6.56. The number of ether oxygens (including phenoxy) is 1. The van der Waals surface area contributed by atoms with Gasteiger partial charge in [-0.05, 0) is 36.6 Å². The van der Waals surface area contributed by atoms with Gasteiger partial charge >= 0.3 is 0 Å². The Labute approximate surface area is 168 Å². The van der Waals surface area contributed by atoms with Crippen molar-refractivity contribution in [1.29, 1.82) is 0 Å². The lowest BCUT2D eigenvalue weighted by Gasteiger charge is -2.07. The molecule has 0 fully saturated rings. The highest BCUT2D eigenvalue weighted by Gasteiger charge is 2.14. The third-order valence-electron chi connectivity index (χ3n) is 4.28. The minimum Gasteiger partial charge on any atom is -0.497 e. The Morgan fingerprint density at radius 1 is 1.18 bits per heavy atom. The van der Waals surface area contributed by atoms with E-state index in [0.717, 1.165) is 28.9 Å². The number of benzene rings is 2. The van der Waals surface area contributed by atoms with Gasteiger partial charge in [0, 0.05) is 12.1 Å². The molecule has 1 aromatic heterocycles. The third kappa shape index (κ3) is 4.83. The topological polar surface area (TPSA) is 95.1 Å². The molecule has 7 nitrogen and oxygen atoms in total. The average Bonchev–Trinajstić information content (AvgIpc) is 3.07. The van der Waals surface area contributed by atoms with Gasteiger partial charge in [0.15, 0.2) is 5.82 Å². The van der Waals surface area contributed by atoms with Gasteiger partial charge in [-0.3, -0.25) is 4.79 Å². The number of nitrogens with zero attached hydrogens (tertiary/aromatic N) is 3. The van der Waals surface area contributed by atoms with Crippen molar-refractivity contribution >= 4 is 17.7 Å². The monoisotopic (exact) mass is 397 g/mol. The summed E-state index contributed by atoms with van der Waals surface area (Å²) in [5.41, 5.74) is 3.13. The highest BCUT2D eigenvalue weighted by atomic mass is 32.2. The van der Waals surface area contributed by atoms with Crippen LogP contribution in [0.2, 0.25) is 0 Å². The first-order valence-electron chi connectivity index (χ1n) is 8.87. The molecule has 0 atom stereocenters. The zero-order valence-electron chi connectivity index (χ0n) is 15.9. The van der Waals surface area contributed by atoms with Gasteiger partial charge < -0.3 is 15.9 Å². The molecule has 146 valence electrons. The van der Waals surface area contributed by atoms with Crippen molar-refractivity contribution < 1.29 is 9.53 Å². The number of nitrogens with two attached hydrogens (primary N) is 1. The van der Waals surface area contributed by atoms with Gasteiger partial charge in [0.2, 0.25) is 11.1 Å². The molecule has 0 aliphatic rings. The van der Waals surface area contributed by atoms with Crippen molar-refractivity contribution in [3.8, 4) is 17.1 Å². The van der Waals surface area contributed by atoms with Crippen LogP contribution in [0.1, 0.15) is 11.1 Å². The quantitative estimate of drug-likeness (QED) is 0.448. The summed E-state index contributed by atoms with van der Waals surface area (Å²) >= 11 is 1.26. The van der Waals surface area contributed by atoms with Crippen LogP contribution in [-0.4, -0.2) is 40.2 Å². The maximum absolute atomic E-state index is 12.1. The van der Waals surface area contributed by atoms with E-state index in [1.165, 1.54) is 16.4 Å². The number of aryl methyl sites for hydroxylation is 1. The highest BCUT2D eigenvalue weighted by molar-refractivity contribution is 7.99. The Hall–Kier alpha value is -3.00. The predicted molar refractivity (Wildman–Crippen MR) is 111 cm³/mol. The number of rotatable bonds is 8. The summed E-state index contributed by atoms with van der Waals surface area (Å²) in [7, 11) is 1.64. The third-order valence-corrected chi connectivity index (χ3v) is 5.22. The molecule has 0 saturated heterocycles. The molecule has 1 amide bonds. The van der Waals surface area contributed by atoms with Crippen molar-refractivity contribution in [1.82, 2.24) is 20.2 Å². The van der Waals surface area contributed by atoms with Crippen molar-refractivity contribution in [3.63, 3.8) is 0 Å². The largest absolute Gasteiger partial charge is 0.497 e. The molecule has 0 spiro atoms. The number of hydrogen-bond donors (Lipinski definition) is 2. The molecule has 3 N–H and O–H groups in total. The van der Waals surface area contributed by atoms with Crippen LogP contribution >= 0.6 is 11.8 Å². The van der Waals surface area contributed by atoms with Gasteiger partial charge in [-0.2, -0.15) is 0 Å². The lowest BCUT2D eigenvalue weighted by molar-refractivity contribution is -0.118. The van der Waals surface area contributed by atoms with Gasteiger partial charge in [-0.1, -0.05) is 48.2 Å². The van der Waals surface area contributed by atoms with E-state index in [1.807, 2.05) is 55.5 Å². The second-order valence-electron chi connectivity index (χ2n) is 6.23. The fourth-order valence-corrected chi connectivity index (χ4v) is 3.39. The molecule has 3 aromatic rings. The second-order valence-corrected chi connectivity index (χ2v) is 7.17. The summed E-state index contributed by atoms with van der Waals surface area (Å²) in [6, 6.07) is 15.6. The minimum atomic E-state index is -0.0704. The molecule has 0 unspecified atom stereocenters. The standard InChI is InChI=1S/C20H23N5O2S/c1-14-5-3-4-6-17(14)19-23-24-20(25(19)21)28-13-18(26)22-12-11-15-7-9-16(27-2)10-8-15/h3-10H,11-13,21H2,1-2H3,(H,22,26). The van der Waals surface area contributed by atoms with E-state index in [-0.39, 0.29) is 11.7 Å². The normalized spacial score (nSPS) is 10.6. The SMILES string of the molecule is COc1ccc(CCNC(=O)CSc2nnc(-c3ccccc3C)n2N)cc1. The Morgan fingerprint density at radius 3 is 2.64 bits per heavy atom. The summed E-state index contributed by atoms with van der Waals surface area (Å²) in [6.07, 6.45) is 0.755. The second kappa shape index (κ2) is 9.27.